The van der Waals surface area contributed by atoms with Crippen LogP contribution in [0, 0.1) is 20.8 Å². The van der Waals surface area contributed by atoms with Gasteiger partial charge in [0.1, 0.15) is 0 Å². The second kappa shape index (κ2) is 6.85. The zero-order chi connectivity index (χ0) is 17.3. The molecule has 0 bridgehead atoms. The van der Waals surface area contributed by atoms with Crippen molar-refractivity contribution in [3.05, 3.63) is 45.7 Å². The van der Waals surface area contributed by atoms with Gasteiger partial charge < -0.3 is 9.80 Å². The molecular formula is C18H23ClN4O. The van der Waals surface area contributed by atoms with Gasteiger partial charge in [0.05, 0.1) is 12.1 Å². The minimum absolute atomic E-state index is 0.171. The number of hydrogen-bond donors (Lipinski definition) is 1. The number of H-pyrrole nitrogens is 1. The van der Waals surface area contributed by atoms with Crippen molar-refractivity contribution in [3.63, 3.8) is 0 Å². The van der Waals surface area contributed by atoms with E-state index in [1.54, 1.807) is 0 Å². The fourth-order valence-electron chi connectivity index (χ4n) is 3.23. The summed E-state index contributed by atoms with van der Waals surface area (Å²) in [6.45, 7) is 9.07. The number of carbonyl (C=O) groups is 1. The normalized spacial score (nSPS) is 15.0. The highest BCUT2D eigenvalue weighted by Gasteiger charge is 2.23. The SMILES string of the molecule is Cc1n[nH]c(C)c1CC(=O)N1CCN(c2cccc(Cl)c2C)CC1. The van der Waals surface area contributed by atoms with Crippen LogP contribution in [0.15, 0.2) is 18.2 Å². The third kappa shape index (κ3) is 3.26. The van der Waals surface area contributed by atoms with Crippen molar-refractivity contribution in [1.29, 1.82) is 0 Å². The number of aryl methyl sites for hydroxylation is 2. The number of benzene rings is 1. The summed E-state index contributed by atoms with van der Waals surface area (Å²) >= 11 is 6.22. The molecule has 1 fully saturated rings. The molecule has 1 saturated heterocycles. The van der Waals surface area contributed by atoms with Crippen molar-refractivity contribution in [3.8, 4) is 0 Å². The van der Waals surface area contributed by atoms with Gasteiger partial charge in [-0.2, -0.15) is 5.10 Å². The summed E-state index contributed by atoms with van der Waals surface area (Å²) in [4.78, 5) is 16.8. The molecule has 2 aromatic rings. The highest BCUT2D eigenvalue weighted by Crippen LogP contribution is 2.27. The van der Waals surface area contributed by atoms with E-state index in [0.717, 1.165) is 59.4 Å². The predicted octanol–water partition coefficient (Wildman–Crippen LogP) is 2.88. The Morgan fingerprint density at radius 2 is 1.92 bits per heavy atom. The third-order valence-corrected chi connectivity index (χ3v) is 5.23. The van der Waals surface area contributed by atoms with Crippen molar-refractivity contribution in [2.24, 2.45) is 0 Å². The molecule has 128 valence electrons. The number of rotatable bonds is 3. The highest BCUT2D eigenvalue weighted by molar-refractivity contribution is 6.31. The van der Waals surface area contributed by atoms with Crippen LogP contribution in [0.4, 0.5) is 5.69 Å². The first kappa shape index (κ1) is 16.8. The summed E-state index contributed by atoms with van der Waals surface area (Å²) in [6, 6.07) is 5.99. The Morgan fingerprint density at radius 3 is 2.54 bits per heavy atom. The molecule has 24 heavy (non-hydrogen) atoms. The Kier molecular flexibility index (Phi) is 4.81. The van der Waals surface area contributed by atoms with E-state index in [0.29, 0.717) is 6.42 Å². The van der Waals surface area contributed by atoms with E-state index in [1.807, 2.05) is 37.8 Å². The van der Waals surface area contributed by atoms with Gasteiger partial charge in [0.2, 0.25) is 5.91 Å². The van der Waals surface area contributed by atoms with E-state index in [1.165, 1.54) is 0 Å². The first-order valence-corrected chi connectivity index (χ1v) is 8.63. The van der Waals surface area contributed by atoms with Crippen LogP contribution >= 0.6 is 11.6 Å². The maximum atomic E-state index is 12.6. The second-order valence-electron chi connectivity index (χ2n) is 6.34. The van der Waals surface area contributed by atoms with E-state index in [9.17, 15) is 4.79 Å². The van der Waals surface area contributed by atoms with Crippen LogP contribution in [0.5, 0.6) is 0 Å². The van der Waals surface area contributed by atoms with Gasteiger partial charge in [0.25, 0.3) is 0 Å². The lowest BCUT2D eigenvalue weighted by atomic mass is 10.1. The van der Waals surface area contributed by atoms with Gasteiger partial charge in [0.15, 0.2) is 0 Å². The molecule has 0 aliphatic carbocycles. The van der Waals surface area contributed by atoms with Crippen LogP contribution in [-0.4, -0.2) is 47.2 Å². The summed E-state index contributed by atoms with van der Waals surface area (Å²) in [7, 11) is 0. The molecule has 6 heteroatoms. The number of nitrogens with zero attached hydrogens (tertiary/aromatic N) is 3. The van der Waals surface area contributed by atoms with Crippen molar-refractivity contribution in [2.75, 3.05) is 31.1 Å². The summed E-state index contributed by atoms with van der Waals surface area (Å²) in [6.07, 6.45) is 0.421. The van der Waals surface area contributed by atoms with Crippen LogP contribution in [0.25, 0.3) is 0 Å². The monoisotopic (exact) mass is 346 g/mol. The van der Waals surface area contributed by atoms with Gasteiger partial charge in [-0.05, 0) is 38.5 Å². The lowest BCUT2D eigenvalue weighted by Crippen LogP contribution is -2.49. The molecular weight excluding hydrogens is 324 g/mol. The first-order chi connectivity index (χ1) is 11.5. The number of hydrogen-bond acceptors (Lipinski definition) is 3. The fraction of sp³-hybridized carbons (Fsp3) is 0.444. The average molecular weight is 347 g/mol. The van der Waals surface area contributed by atoms with Gasteiger partial charge in [0, 0.05) is 48.1 Å². The minimum Gasteiger partial charge on any atom is -0.368 e. The predicted molar refractivity (Wildman–Crippen MR) is 96.7 cm³/mol. The molecule has 0 radical (unpaired) electrons. The van der Waals surface area contributed by atoms with Crippen molar-refractivity contribution >= 4 is 23.2 Å². The molecule has 0 spiro atoms. The molecule has 3 rings (SSSR count). The van der Waals surface area contributed by atoms with E-state index < -0.39 is 0 Å². The van der Waals surface area contributed by atoms with E-state index in [-0.39, 0.29) is 5.91 Å². The number of amides is 1. The largest absolute Gasteiger partial charge is 0.368 e. The zero-order valence-corrected chi connectivity index (χ0v) is 15.2. The van der Waals surface area contributed by atoms with E-state index in [4.69, 9.17) is 11.6 Å². The zero-order valence-electron chi connectivity index (χ0n) is 14.4. The number of piperazine rings is 1. The Bertz CT molecular complexity index is 728. The Morgan fingerprint density at radius 1 is 1.21 bits per heavy atom. The van der Waals surface area contributed by atoms with Crippen LogP contribution in [0.3, 0.4) is 0 Å². The molecule has 1 amide bonds. The van der Waals surface area contributed by atoms with Crippen molar-refractivity contribution in [2.45, 2.75) is 27.2 Å². The van der Waals surface area contributed by atoms with Crippen LogP contribution < -0.4 is 4.90 Å². The van der Waals surface area contributed by atoms with Gasteiger partial charge >= 0.3 is 0 Å². The molecule has 1 aliphatic heterocycles. The Labute approximate surface area is 147 Å². The molecule has 2 heterocycles. The molecule has 0 unspecified atom stereocenters. The quantitative estimate of drug-likeness (QED) is 0.929. The van der Waals surface area contributed by atoms with E-state index in [2.05, 4.69) is 21.2 Å². The summed E-state index contributed by atoms with van der Waals surface area (Å²) < 4.78 is 0. The average Bonchev–Trinajstić information content (AvgIpc) is 2.89. The molecule has 1 aromatic heterocycles. The lowest BCUT2D eigenvalue weighted by molar-refractivity contribution is -0.130. The van der Waals surface area contributed by atoms with Gasteiger partial charge in [-0.3, -0.25) is 9.89 Å². The maximum absolute atomic E-state index is 12.6. The number of halogens is 1. The Hall–Kier alpha value is -2.01. The lowest BCUT2D eigenvalue weighted by Gasteiger charge is -2.37. The molecule has 1 aliphatic rings. The first-order valence-electron chi connectivity index (χ1n) is 8.25. The topological polar surface area (TPSA) is 52.2 Å². The number of anilines is 1. The molecule has 0 atom stereocenters. The van der Waals surface area contributed by atoms with Crippen LogP contribution in [0.1, 0.15) is 22.5 Å². The van der Waals surface area contributed by atoms with Gasteiger partial charge in [-0.1, -0.05) is 17.7 Å². The molecule has 1 N–H and O–H groups in total. The summed E-state index contributed by atoms with van der Waals surface area (Å²) in [5.74, 6) is 0.171. The van der Waals surface area contributed by atoms with Gasteiger partial charge in [-0.25, -0.2) is 0 Å². The van der Waals surface area contributed by atoms with Gasteiger partial charge in [-0.15, -0.1) is 0 Å². The second-order valence-corrected chi connectivity index (χ2v) is 6.75. The van der Waals surface area contributed by atoms with Crippen molar-refractivity contribution < 1.29 is 4.79 Å². The molecule has 0 saturated carbocycles. The molecule has 1 aromatic carbocycles. The van der Waals surface area contributed by atoms with Crippen LogP contribution in [0.2, 0.25) is 5.02 Å². The number of aromatic nitrogens is 2. The Balaban J connectivity index is 1.63. The summed E-state index contributed by atoms with van der Waals surface area (Å²) in [5.41, 5.74) is 5.18. The smallest absolute Gasteiger partial charge is 0.227 e. The fourth-order valence-corrected chi connectivity index (χ4v) is 3.40. The third-order valence-electron chi connectivity index (χ3n) is 4.82. The highest BCUT2D eigenvalue weighted by atomic mass is 35.5. The number of carbonyl (C=O) groups excluding carboxylic acids is 1. The maximum Gasteiger partial charge on any atom is 0.227 e. The summed E-state index contributed by atoms with van der Waals surface area (Å²) in [5, 5.41) is 7.90. The molecule has 5 nitrogen and oxygen atoms in total. The van der Waals surface area contributed by atoms with Crippen molar-refractivity contribution in [1.82, 2.24) is 15.1 Å². The van der Waals surface area contributed by atoms with E-state index >= 15 is 0 Å². The van der Waals surface area contributed by atoms with Crippen LogP contribution in [-0.2, 0) is 11.2 Å². The number of nitrogens with one attached hydrogen (secondary N) is 1. The minimum atomic E-state index is 0.171. The number of aromatic amines is 1. The standard InChI is InChI=1S/C18H23ClN4O/c1-12-16(19)5-4-6-17(12)22-7-9-23(10-8-22)18(24)11-15-13(2)20-21-14(15)3/h4-6H,7-11H2,1-3H3,(H,20,21).